The largest absolute Gasteiger partial charge is 0.484 e. The molecule has 0 aromatic heterocycles. The Bertz CT molecular complexity index is 798. The zero-order valence-corrected chi connectivity index (χ0v) is 18.1. The van der Waals surface area contributed by atoms with Crippen LogP contribution in [0, 0.1) is 13.8 Å². The molecule has 0 radical (unpaired) electrons. The van der Waals surface area contributed by atoms with Crippen molar-refractivity contribution in [1.29, 1.82) is 0 Å². The molecule has 0 fully saturated rings. The van der Waals surface area contributed by atoms with Crippen LogP contribution in [0.15, 0.2) is 48.5 Å². The van der Waals surface area contributed by atoms with E-state index in [0.717, 1.165) is 16.7 Å². The topological polar surface area (TPSA) is 58.6 Å². The minimum atomic E-state index is -0.573. The van der Waals surface area contributed by atoms with Crippen molar-refractivity contribution in [1.82, 2.24) is 10.2 Å². The van der Waals surface area contributed by atoms with Crippen molar-refractivity contribution < 1.29 is 14.3 Å². The number of ether oxygens (including phenoxy) is 1. The van der Waals surface area contributed by atoms with Crippen LogP contribution in [-0.4, -0.2) is 41.9 Å². The zero-order valence-electron chi connectivity index (χ0n) is 18.1. The Hall–Kier alpha value is -2.82. The third-order valence-electron chi connectivity index (χ3n) is 4.64. The van der Waals surface area contributed by atoms with Crippen LogP contribution in [0.4, 0.5) is 0 Å². The lowest BCUT2D eigenvalue weighted by atomic mass is 10.1. The van der Waals surface area contributed by atoms with Gasteiger partial charge in [-0.2, -0.15) is 0 Å². The van der Waals surface area contributed by atoms with Crippen LogP contribution in [0.1, 0.15) is 37.5 Å². The molecule has 5 heteroatoms. The smallest absolute Gasteiger partial charge is 0.261 e. The Morgan fingerprint density at radius 3 is 2.21 bits per heavy atom. The monoisotopic (exact) mass is 396 g/mol. The molecule has 0 aliphatic heterocycles. The third-order valence-corrected chi connectivity index (χ3v) is 4.64. The maximum atomic E-state index is 13.0. The van der Waals surface area contributed by atoms with Gasteiger partial charge in [-0.25, -0.2) is 0 Å². The maximum Gasteiger partial charge on any atom is 0.261 e. The molecule has 1 N–H and O–H groups in total. The molecule has 156 valence electrons. The van der Waals surface area contributed by atoms with Crippen molar-refractivity contribution in [2.24, 2.45) is 0 Å². The van der Waals surface area contributed by atoms with E-state index >= 15 is 0 Å². The van der Waals surface area contributed by atoms with Crippen LogP contribution in [0.5, 0.6) is 5.75 Å². The van der Waals surface area contributed by atoms with Gasteiger partial charge in [0.25, 0.3) is 5.91 Å². The number of nitrogens with zero attached hydrogens (tertiary/aromatic N) is 1. The molecule has 29 heavy (non-hydrogen) atoms. The Balaban J connectivity index is 2.09. The van der Waals surface area contributed by atoms with Gasteiger partial charge in [-0.3, -0.25) is 9.59 Å². The van der Waals surface area contributed by atoms with Crippen molar-refractivity contribution in [2.75, 3.05) is 13.2 Å². The average molecular weight is 397 g/mol. The first-order chi connectivity index (χ1) is 13.8. The Morgan fingerprint density at radius 2 is 1.62 bits per heavy atom. The second kappa shape index (κ2) is 10.6. The van der Waals surface area contributed by atoms with Crippen molar-refractivity contribution in [3.05, 3.63) is 65.2 Å². The Kier molecular flexibility index (Phi) is 8.25. The molecule has 2 amide bonds. The standard InChI is InChI=1S/C24H32N2O3/c1-17(2)25-24(28)20(5)26(12-11-21-9-7-6-8-10-21)23(27)16-29-22-14-18(3)13-19(4)15-22/h6-10,13-15,17,20H,11-12,16H2,1-5H3,(H,25,28)/t20-/m1/s1. The van der Waals surface area contributed by atoms with Gasteiger partial charge < -0.3 is 15.0 Å². The second-order valence-electron chi connectivity index (χ2n) is 7.77. The number of carbonyl (C=O) groups is 2. The van der Waals surface area contributed by atoms with Gasteiger partial charge in [0, 0.05) is 12.6 Å². The lowest BCUT2D eigenvalue weighted by Crippen LogP contribution is -2.51. The molecule has 0 bridgehead atoms. The van der Waals surface area contributed by atoms with Gasteiger partial charge in [-0.05, 0) is 69.9 Å². The fourth-order valence-electron chi connectivity index (χ4n) is 3.22. The number of hydrogen-bond acceptors (Lipinski definition) is 3. The van der Waals surface area contributed by atoms with E-state index in [9.17, 15) is 9.59 Å². The zero-order chi connectivity index (χ0) is 21.4. The minimum Gasteiger partial charge on any atom is -0.484 e. The van der Waals surface area contributed by atoms with Crippen molar-refractivity contribution in [2.45, 2.75) is 53.1 Å². The molecular formula is C24H32N2O3. The summed E-state index contributed by atoms with van der Waals surface area (Å²) in [6.07, 6.45) is 0.676. The van der Waals surface area contributed by atoms with Gasteiger partial charge in [0.1, 0.15) is 11.8 Å². The van der Waals surface area contributed by atoms with Gasteiger partial charge >= 0.3 is 0 Å². The summed E-state index contributed by atoms with van der Waals surface area (Å²) < 4.78 is 5.75. The molecular weight excluding hydrogens is 364 g/mol. The van der Waals surface area contributed by atoms with E-state index in [1.165, 1.54) is 0 Å². The van der Waals surface area contributed by atoms with Crippen LogP contribution in [0.2, 0.25) is 0 Å². The molecule has 0 saturated carbocycles. The van der Waals surface area contributed by atoms with E-state index in [1.807, 2.05) is 70.2 Å². The van der Waals surface area contributed by atoms with Crippen molar-refractivity contribution >= 4 is 11.8 Å². The molecule has 0 saturated heterocycles. The summed E-state index contributed by atoms with van der Waals surface area (Å²) in [7, 11) is 0. The van der Waals surface area contributed by atoms with Crippen LogP contribution in [-0.2, 0) is 16.0 Å². The minimum absolute atomic E-state index is 0.0162. The van der Waals surface area contributed by atoms with Crippen LogP contribution in [0.25, 0.3) is 0 Å². The summed E-state index contributed by atoms with van der Waals surface area (Å²) in [6.45, 7) is 9.91. The van der Waals surface area contributed by atoms with Gasteiger partial charge in [0.2, 0.25) is 5.91 Å². The normalized spacial score (nSPS) is 11.8. The molecule has 0 spiro atoms. The van der Waals surface area contributed by atoms with Gasteiger partial charge in [0.15, 0.2) is 6.61 Å². The van der Waals surface area contributed by atoms with E-state index < -0.39 is 6.04 Å². The summed E-state index contributed by atoms with van der Waals surface area (Å²) in [5, 5.41) is 2.89. The van der Waals surface area contributed by atoms with Crippen LogP contribution in [0.3, 0.4) is 0 Å². The Labute approximate surface area is 174 Å². The summed E-state index contributed by atoms with van der Waals surface area (Å²) >= 11 is 0. The predicted molar refractivity (Wildman–Crippen MR) is 116 cm³/mol. The van der Waals surface area contributed by atoms with E-state index in [2.05, 4.69) is 11.4 Å². The number of carbonyl (C=O) groups excluding carboxylic acids is 2. The molecule has 0 unspecified atom stereocenters. The second-order valence-corrected chi connectivity index (χ2v) is 7.77. The molecule has 5 nitrogen and oxygen atoms in total. The van der Waals surface area contributed by atoms with Crippen LogP contribution >= 0.6 is 0 Å². The summed E-state index contributed by atoms with van der Waals surface area (Å²) in [4.78, 5) is 27.1. The predicted octanol–water partition coefficient (Wildman–Crippen LogP) is 3.67. The summed E-state index contributed by atoms with van der Waals surface area (Å²) in [5.41, 5.74) is 3.29. The first-order valence-corrected chi connectivity index (χ1v) is 10.1. The van der Waals surface area contributed by atoms with Crippen LogP contribution < -0.4 is 10.1 Å². The van der Waals surface area contributed by atoms with Gasteiger partial charge in [-0.15, -0.1) is 0 Å². The molecule has 2 aromatic rings. The highest BCUT2D eigenvalue weighted by atomic mass is 16.5. The fourth-order valence-corrected chi connectivity index (χ4v) is 3.22. The number of aryl methyl sites for hydroxylation is 2. The van der Waals surface area contributed by atoms with Crippen molar-refractivity contribution in [3.63, 3.8) is 0 Å². The number of amides is 2. The van der Waals surface area contributed by atoms with E-state index in [-0.39, 0.29) is 24.5 Å². The quantitative estimate of drug-likeness (QED) is 0.704. The first-order valence-electron chi connectivity index (χ1n) is 10.1. The maximum absolute atomic E-state index is 13.0. The van der Waals surface area contributed by atoms with E-state index in [4.69, 9.17) is 4.74 Å². The number of hydrogen-bond donors (Lipinski definition) is 1. The van der Waals surface area contributed by atoms with Gasteiger partial charge in [0.05, 0.1) is 0 Å². The number of nitrogens with one attached hydrogen (secondary N) is 1. The summed E-state index contributed by atoms with van der Waals surface area (Å²) in [5.74, 6) is 0.303. The molecule has 0 aliphatic rings. The lowest BCUT2D eigenvalue weighted by molar-refractivity contribution is -0.141. The fraction of sp³-hybridized carbons (Fsp3) is 0.417. The molecule has 2 aromatic carbocycles. The van der Waals surface area contributed by atoms with E-state index in [1.54, 1.807) is 11.8 Å². The SMILES string of the molecule is Cc1cc(C)cc(OCC(=O)N(CCc2ccccc2)[C@H](C)C(=O)NC(C)C)c1. The Morgan fingerprint density at radius 1 is 1.00 bits per heavy atom. The highest BCUT2D eigenvalue weighted by Gasteiger charge is 2.26. The average Bonchev–Trinajstić information content (AvgIpc) is 2.66. The first kappa shape index (κ1) is 22.5. The number of rotatable bonds is 9. The highest BCUT2D eigenvalue weighted by molar-refractivity contribution is 5.88. The molecule has 0 heterocycles. The molecule has 2 rings (SSSR count). The van der Waals surface area contributed by atoms with Crippen molar-refractivity contribution in [3.8, 4) is 5.75 Å². The lowest BCUT2D eigenvalue weighted by Gasteiger charge is -2.29. The van der Waals surface area contributed by atoms with Gasteiger partial charge in [-0.1, -0.05) is 36.4 Å². The third kappa shape index (κ3) is 7.26. The van der Waals surface area contributed by atoms with E-state index in [0.29, 0.717) is 18.7 Å². The number of benzene rings is 2. The highest BCUT2D eigenvalue weighted by Crippen LogP contribution is 2.16. The summed E-state index contributed by atoms with van der Waals surface area (Å²) in [6, 6.07) is 15.3. The molecule has 1 atom stereocenters. The molecule has 0 aliphatic carbocycles.